The van der Waals surface area contributed by atoms with E-state index in [9.17, 15) is 9.59 Å². The topological polar surface area (TPSA) is 64.7 Å². The molecule has 0 spiro atoms. The van der Waals surface area contributed by atoms with Gasteiger partial charge >= 0.3 is 6.03 Å². The number of piperidine rings is 1. The highest BCUT2D eigenvalue weighted by atomic mass is 16.2. The van der Waals surface area contributed by atoms with Crippen molar-refractivity contribution in [3.8, 4) is 0 Å². The van der Waals surface area contributed by atoms with Crippen LogP contribution in [-0.4, -0.2) is 49.1 Å². The molecule has 1 heterocycles. The summed E-state index contributed by atoms with van der Waals surface area (Å²) in [5.74, 6) is 0.00469. The number of nitrogens with zero attached hydrogens (tertiary/aromatic N) is 2. The van der Waals surface area contributed by atoms with Gasteiger partial charge in [-0.05, 0) is 64.8 Å². The molecule has 1 aliphatic rings. The van der Waals surface area contributed by atoms with E-state index in [2.05, 4.69) is 29.4 Å². The first-order valence-corrected chi connectivity index (χ1v) is 9.65. The Morgan fingerprint density at radius 3 is 2.19 bits per heavy atom. The van der Waals surface area contributed by atoms with Crippen molar-refractivity contribution in [2.45, 2.75) is 46.6 Å². The minimum Gasteiger partial charge on any atom is -0.372 e. The van der Waals surface area contributed by atoms with Crippen molar-refractivity contribution >= 4 is 23.3 Å². The predicted octanol–water partition coefficient (Wildman–Crippen LogP) is 3.30. The molecule has 6 nitrogen and oxygen atoms in total. The Bertz CT molecular complexity index is 588. The number of carbonyl (C=O) groups excluding carboxylic acids is 2. The molecule has 6 heteroatoms. The molecular weight excluding hydrogens is 328 g/mol. The lowest BCUT2D eigenvalue weighted by molar-refractivity contribution is -0.121. The molecule has 0 atom stereocenters. The van der Waals surface area contributed by atoms with Crippen LogP contribution in [-0.2, 0) is 4.79 Å². The van der Waals surface area contributed by atoms with E-state index in [0.717, 1.165) is 24.5 Å². The Balaban J connectivity index is 1.84. The zero-order valence-corrected chi connectivity index (χ0v) is 16.4. The van der Waals surface area contributed by atoms with Gasteiger partial charge in [0.2, 0.25) is 5.91 Å². The van der Waals surface area contributed by atoms with Gasteiger partial charge in [-0.15, -0.1) is 0 Å². The second kappa shape index (κ2) is 9.46. The Morgan fingerprint density at radius 2 is 1.69 bits per heavy atom. The SMILES string of the molecule is CCN(CC)c1ccc(NC(=O)C2CCN(C(=O)NC(C)C)CC2)cc1. The largest absolute Gasteiger partial charge is 0.372 e. The summed E-state index contributed by atoms with van der Waals surface area (Å²) in [6.07, 6.45) is 1.41. The Hall–Kier alpha value is -2.24. The van der Waals surface area contributed by atoms with Gasteiger partial charge < -0.3 is 20.4 Å². The lowest BCUT2D eigenvalue weighted by Crippen LogP contribution is -2.47. The van der Waals surface area contributed by atoms with Crippen LogP contribution in [0.25, 0.3) is 0 Å². The minimum absolute atomic E-state index is 0.0363. The zero-order chi connectivity index (χ0) is 19.1. The van der Waals surface area contributed by atoms with Crippen LogP contribution >= 0.6 is 0 Å². The summed E-state index contributed by atoms with van der Waals surface area (Å²) in [5, 5.41) is 5.92. The van der Waals surface area contributed by atoms with E-state index in [-0.39, 0.29) is 23.9 Å². The van der Waals surface area contributed by atoms with Gasteiger partial charge in [0, 0.05) is 49.5 Å². The van der Waals surface area contributed by atoms with Crippen LogP contribution in [0.15, 0.2) is 24.3 Å². The zero-order valence-electron chi connectivity index (χ0n) is 16.4. The number of anilines is 2. The molecule has 1 aromatic rings. The highest BCUT2D eigenvalue weighted by Crippen LogP contribution is 2.21. The van der Waals surface area contributed by atoms with Crippen molar-refractivity contribution in [1.29, 1.82) is 0 Å². The normalized spacial score (nSPS) is 15.0. The van der Waals surface area contributed by atoms with E-state index in [1.165, 1.54) is 0 Å². The van der Waals surface area contributed by atoms with Crippen LogP contribution in [0.3, 0.4) is 0 Å². The van der Waals surface area contributed by atoms with Crippen LogP contribution in [0, 0.1) is 5.92 Å². The van der Waals surface area contributed by atoms with Crippen LogP contribution < -0.4 is 15.5 Å². The number of rotatable bonds is 6. The number of carbonyl (C=O) groups is 2. The molecule has 144 valence electrons. The fraction of sp³-hybridized carbons (Fsp3) is 0.600. The molecule has 3 amide bonds. The second-order valence-electron chi connectivity index (χ2n) is 7.07. The third kappa shape index (κ3) is 5.38. The van der Waals surface area contributed by atoms with Gasteiger partial charge in [0.05, 0.1) is 0 Å². The summed E-state index contributed by atoms with van der Waals surface area (Å²) in [4.78, 5) is 28.6. The molecule has 2 N–H and O–H groups in total. The van der Waals surface area contributed by atoms with Crippen molar-refractivity contribution in [2.75, 3.05) is 36.4 Å². The Labute approximate surface area is 156 Å². The Kier molecular flexibility index (Phi) is 7.30. The lowest BCUT2D eigenvalue weighted by Gasteiger charge is -2.32. The van der Waals surface area contributed by atoms with Crippen molar-refractivity contribution in [3.63, 3.8) is 0 Å². The summed E-state index contributed by atoms with van der Waals surface area (Å²) >= 11 is 0. The summed E-state index contributed by atoms with van der Waals surface area (Å²) in [6, 6.07) is 8.09. The van der Waals surface area contributed by atoms with Crippen molar-refractivity contribution in [3.05, 3.63) is 24.3 Å². The van der Waals surface area contributed by atoms with Crippen molar-refractivity contribution < 1.29 is 9.59 Å². The van der Waals surface area contributed by atoms with Crippen LogP contribution in [0.5, 0.6) is 0 Å². The fourth-order valence-electron chi connectivity index (χ4n) is 3.27. The molecule has 1 fully saturated rings. The maximum atomic E-state index is 12.5. The molecule has 0 aromatic heterocycles. The number of urea groups is 1. The van der Waals surface area contributed by atoms with Gasteiger partial charge in [-0.3, -0.25) is 4.79 Å². The van der Waals surface area contributed by atoms with E-state index < -0.39 is 0 Å². The predicted molar refractivity (Wildman–Crippen MR) is 107 cm³/mol. The number of nitrogens with one attached hydrogen (secondary N) is 2. The molecule has 0 radical (unpaired) electrons. The molecule has 1 saturated heterocycles. The number of hydrogen-bond acceptors (Lipinski definition) is 3. The van der Waals surface area contributed by atoms with E-state index in [4.69, 9.17) is 0 Å². The number of amides is 3. The van der Waals surface area contributed by atoms with Gasteiger partial charge in [-0.25, -0.2) is 4.79 Å². The molecule has 1 aromatic carbocycles. The minimum atomic E-state index is -0.0411. The van der Waals surface area contributed by atoms with Crippen molar-refractivity contribution in [2.24, 2.45) is 5.92 Å². The van der Waals surface area contributed by atoms with E-state index in [0.29, 0.717) is 25.9 Å². The Morgan fingerprint density at radius 1 is 1.12 bits per heavy atom. The van der Waals surface area contributed by atoms with E-state index in [1.54, 1.807) is 4.90 Å². The smallest absolute Gasteiger partial charge is 0.317 e. The monoisotopic (exact) mass is 360 g/mol. The van der Waals surface area contributed by atoms with Gasteiger partial charge in [0.1, 0.15) is 0 Å². The number of likely N-dealkylation sites (tertiary alicyclic amines) is 1. The summed E-state index contributed by atoms with van der Waals surface area (Å²) in [5.41, 5.74) is 1.99. The maximum Gasteiger partial charge on any atom is 0.317 e. The number of hydrogen-bond donors (Lipinski definition) is 2. The highest BCUT2D eigenvalue weighted by Gasteiger charge is 2.27. The summed E-state index contributed by atoms with van der Waals surface area (Å²) < 4.78 is 0. The van der Waals surface area contributed by atoms with Crippen LogP contribution in [0.4, 0.5) is 16.2 Å². The highest BCUT2D eigenvalue weighted by molar-refractivity contribution is 5.93. The molecule has 1 aliphatic heterocycles. The third-order valence-electron chi connectivity index (χ3n) is 4.83. The second-order valence-corrected chi connectivity index (χ2v) is 7.07. The molecule has 0 saturated carbocycles. The molecule has 0 bridgehead atoms. The summed E-state index contributed by atoms with van der Waals surface area (Å²) in [7, 11) is 0. The molecule has 0 unspecified atom stereocenters. The average molecular weight is 361 g/mol. The number of benzene rings is 1. The molecule has 26 heavy (non-hydrogen) atoms. The quantitative estimate of drug-likeness (QED) is 0.818. The third-order valence-corrected chi connectivity index (χ3v) is 4.83. The van der Waals surface area contributed by atoms with Gasteiger partial charge in [0.15, 0.2) is 0 Å². The van der Waals surface area contributed by atoms with Crippen molar-refractivity contribution in [1.82, 2.24) is 10.2 Å². The van der Waals surface area contributed by atoms with Crippen LogP contribution in [0.2, 0.25) is 0 Å². The van der Waals surface area contributed by atoms with E-state index >= 15 is 0 Å². The molecular formula is C20H32N4O2. The average Bonchev–Trinajstić information content (AvgIpc) is 2.63. The first-order valence-electron chi connectivity index (χ1n) is 9.65. The molecule has 0 aliphatic carbocycles. The first kappa shape index (κ1) is 20.1. The summed E-state index contributed by atoms with van der Waals surface area (Å²) in [6.45, 7) is 11.3. The standard InChI is InChI=1S/C20H32N4O2/c1-5-23(6-2)18-9-7-17(8-10-18)22-19(25)16-11-13-24(14-12-16)20(26)21-15(3)4/h7-10,15-16H,5-6,11-14H2,1-4H3,(H,21,26)(H,22,25). The van der Waals surface area contributed by atoms with Crippen LogP contribution in [0.1, 0.15) is 40.5 Å². The van der Waals surface area contributed by atoms with E-state index in [1.807, 2.05) is 38.1 Å². The fourth-order valence-corrected chi connectivity index (χ4v) is 3.27. The lowest BCUT2D eigenvalue weighted by atomic mass is 9.96. The molecule has 2 rings (SSSR count). The van der Waals surface area contributed by atoms with Gasteiger partial charge in [-0.2, -0.15) is 0 Å². The first-order chi connectivity index (χ1) is 12.4. The maximum absolute atomic E-state index is 12.5. The van der Waals surface area contributed by atoms with Gasteiger partial charge in [0.25, 0.3) is 0 Å². The van der Waals surface area contributed by atoms with Gasteiger partial charge in [-0.1, -0.05) is 0 Å².